The van der Waals surface area contributed by atoms with Gasteiger partial charge < -0.3 is 10.1 Å². The van der Waals surface area contributed by atoms with E-state index >= 15 is 0 Å². The summed E-state index contributed by atoms with van der Waals surface area (Å²) in [5, 5.41) is 3.17. The first kappa shape index (κ1) is 19.2. The second kappa shape index (κ2) is 8.33. The highest BCUT2D eigenvalue weighted by Crippen LogP contribution is 2.24. The second-order valence-corrected chi connectivity index (χ2v) is 7.55. The van der Waals surface area contributed by atoms with E-state index in [1.54, 1.807) is 43.3 Å². The lowest BCUT2D eigenvalue weighted by molar-refractivity contribution is -0.127. The van der Waals surface area contributed by atoms with Gasteiger partial charge in [-0.3, -0.25) is 4.79 Å². The Morgan fingerprint density at radius 1 is 1.16 bits per heavy atom. The first-order valence-corrected chi connectivity index (χ1v) is 9.41. The van der Waals surface area contributed by atoms with Crippen LogP contribution in [0.15, 0.2) is 53.4 Å². The van der Waals surface area contributed by atoms with Crippen molar-refractivity contribution in [2.24, 2.45) is 0 Å². The fourth-order valence-electron chi connectivity index (χ4n) is 2.02. The molecular weight excluding hydrogens is 364 g/mol. The molecule has 0 saturated carbocycles. The van der Waals surface area contributed by atoms with Gasteiger partial charge in [0.1, 0.15) is 5.75 Å². The third-order valence-corrected chi connectivity index (χ3v) is 5.22. The third-order valence-electron chi connectivity index (χ3n) is 3.48. The van der Waals surface area contributed by atoms with Crippen LogP contribution in [-0.4, -0.2) is 27.5 Å². The van der Waals surface area contributed by atoms with Gasteiger partial charge in [0, 0.05) is 6.54 Å². The molecule has 0 bridgehead atoms. The summed E-state index contributed by atoms with van der Waals surface area (Å²) in [6.07, 6.45) is -0.719. The summed E-state index contributed by atoms with van der Waals surface area (Å²) in [5.74, 6) is 0.139. The molecule has 6 nitrogen and oxygen atoms in total. The van der Waals surface area contributed by atoms with Gasteiger partial charge in [0.2, 0.25) is 10.0 Å². The molecule has 0 saturated heterocycles. The molecule has 1 atom stereocenters. The molecule has 1 unspecified atom stereocenters. The molecule has 2 aromatic carbocycles. The number of amides is 1. The van der Waals surface area contributed by atoms with Crippen LogP contribution in [-0.2, 0) is 21.4 Å². The standard InChI is InChI=1S/C17H19ClN2O4S/c1-12(24-16-6-4-3-5-15(16)18)17(21)20-11-13-7-9-14(10-8-13)25(22,23)19-2/h3-10,12,19H,11H2,1-2H3,(H,20,21). The zero-order chi connectivity index (χ0) is 18.4. The predicted molar refractivity (Wildman–Crippen MR) is 96.1 cm³/mol. The normalized spacial score (nSPS) is 12.4. The quantitative estimate of drug-likeness (QED) is 0.769. The zero-order valence-electron chi connectivity index (χ0n) is 13.8. The molecule has 0 spiro atoms. The third kappa shape index (κ3) is 5.19. The molecule has 0 aliphatic carbocycles. The summed E-state index contributed by atoms with van der Waals surface area (Å²) in [6, 6.07) is 13.2. The van der Waals surface area contributed by atoms with Gasteiger partial charge >= 0.3 is 0 Å². The molecule has 2 aromatic rings. The van der Waals surface area contributed by atoms with Gasteiger partial charge in [0.25, 0.3) is 5.91 Å². The molecule has 0 radical (unpaired) electrons. The number of hydrogen-bond donors (Lipinski definition) is 2. The molecule has 25 heavy (non-hydrogen) atoms. The Hall–Kier alpha value is -2.09. The van der Waals surface area contributed by atoms with E-state index in [1.165, 1.54) is 19.2 Å². The number of carbonyl (C=O) groups excluding carboxylic acids is 1. The Morgan fingerprint density at radius 2 is 1.80 bits per heavy atom. The van der Waals surface area contributed by atoms with Gasteiger partial charge in [-0.25, -0.2) is 13.1 Å². The average Bonchev–Trinajstić information content (AvgIpc) is 2.61. The summed E-state index contributed by atoms with van der Waals surface area (Å²) in [6.45, 7) is 1.89. The number of carbonyl (C=O) groups is 1. The van der Waals surface area contributed by atoms with E-state index < -0.39 is 16.1 Å². The van der Waals surface area contributed by atoms with Crippen LogP contribution < -0.4 is 14.8 Å². The molecule has 0 heterocycles. The summed E-state index contributed by atoms with van der Waals surface area (Å²) in [7, 11) is -2.12. The number of para-hydroxylation sites is 1. The summed E-state index contributed by atoms with van der Waals surface area (Å²) in [5.41, 5.74) is 0.772. The lowest BCUT2D eigenvalue weighted by Crippen LogP contribution is -2.35. The maximum Gasteiger partial charge on any atom is 0.261 e. The maximum atomic E-state index is 12.1. The monoisotopic (exact) mass is 382 g/mol. The van der Waals surface area contributed by atoms with Crippen molar-refractivity contribution in [1.82, 2.24) is 10.0 Å². The minimum absolute atomic E-state index is 0.167. The number of nitrogens with one attached hydrogen (secondary N) is 2. The summed E-state index contributed by atoms with van der Waals surface area (Å²) < 4.78 is 31.1. The van der Waals surface area contributed by atoms with Crippen molar-refractivity contribution in [3.05, 3.63) is 59.1 Å². The van der Waals surface area contributed by atoms with Crippen LogP contribution in [0, 0.1) is 0 Å². The van der Waals surface area contributed by atoms with E-state index in [0.717, 1.165) is 5.56 Å². The highest BCUT2D eigenvalue weighted by Gasteiger charge is 2.16. The second-order valence-electron chi connectivity index (χ2n) is 5.26. The smallest absolute Gasteiger partial charge is 0.261 e. The lowest BCUT2D eigenvalue weighted by Gasteiger charge is -2.15. The molecule has 134 valence electrons. The number of hydrogen-bond acceptors (Lipinski definition) is 4. The van der Waals surface area contributed by atoms with E-state index in [1.807, 2.05) is 0 Å². The van der Waals surface area contributed by atoms with Crippen molar-refractivity contribution >= 4 is 27.5 Å². The molecule has 0 aliphatic rings. The molecule has 0 fully saturated rings. The topological polar surface area (TPSA) is 84.5 Å². The van der Waals surface area contributed by atoms with Crippen LogP contribution in [0.4, 0.5) is 0 Å². The predicted octanol–water partition coefficient (Wildman–Crippen LogP) is 2.33. The van der Waals surface area contributed by atoms with Gasteiger partial charge in [0.15, 0.2) is 6.10 Å². The molecule has 8 heteroatoms. The zero-order valence-corrected chi connectivity index (χ0v) is 15.4. The van der Waals surface area contributed by atoms with E-state index in [2.05, 4.69) is 10.0 Å². The van der Waals surface area contributed by atoms with E-state index in [4.69, 9.17) is 16.3 Å². The van der Waals surface area contributed by atoms with Crippen LogP contribution in [0.3, 0.4) is 0 Å². The molecule has 0 aromatic heterocycles. The number of sulfonamides is 1. The average molecular weight is 383 g/mol. The molecule has 2 N–H and O–H groups in total. The van der Waals surface area contributed by atoms with Crippen molar-refractivity contribution in [3.63, 3.8) is 0 Å². The minimum Gasteiger partial charge on any atom is -0.479 e. The molecular formula is C17H19ClN2O4S. The first-order chi connectivity index (χ1) is 11.8. The number of rotatable bonds is 7. The minimum atomic E-state index is -3.47. The van der Waals surface area contributed by atoms with E-state index in [-0.39, 0.29) is 17.3 Å². The van der Waals surface area contributed by atoms with Gasteiger partial charge in [-0.1, -0.05) is 35.9 Å². The highest BCUT2D eigenvalue weighted by molar-refractivity contribution is 7.89. The maximum absolute atomic E-state index is 12.1. The number of benzene rings is 2. The van der Waals surface area contributed by atoms with Crippen LogP contribution in [0.25, 0.3) is 0 Å². The summed E-state index contributed by atoms with van der Waals surface area (Å²) in [4.78, 5) is 12.3. The number of ether oxygens (including phenoxy) is 1. The van der Waals surface area contributed by atoms with Crippen molar-refractivity contribution in [2.75, 3.05) is 7.05 Å². The highest BCUT2D eigenvalue weighted by atomic mass is 35.5. The fourth-order valence-corrected chi connectivity index (χ4v) is 2.93. The SMILES string of the molecule is CNS(=O)(=O)c1ccc(CNC(=O)C(C)Oc2ccccc2Cl)cc1. The fraction of sp³-hybridized carbons (Fsp3) is 0.235. The molecule has 2 rings (SSSR count). The van der Waals surface area contributed by atoms with Gasteiger partial charge in [-0.05, 0) is 43.8 Å². The van der Waals surface area contributed by atoms with E-state index in [0.29, 0.717) is 10.8 Å². The number of halogens is 1. The Balaban J connectivity index is 1.92. The largest absolute Gasteiger partial charge is 0.479 e. The molecule has 0 aliphatic heterocycles. The van der Waals surface area contributed by atoms with Crippen LogP contribution >= 0.6 is 11.6 Å². The van der Waals surface area contributed by atoms with Crippen LogP contribution in [0.5, 0.6) is 5.75 Å². The van der Waals surface area contributed by atoms with Crippen LogP contribution in [0.2, 0.25) is 5.02 Å². The van der Waals surface area contributed by atoms with Gasteiger partial charge in [-0.15, -0.1) is 0 Å². The first-order valence-electron chi connectivity index (χ1n) is 7.55. The molecule has 1 amide bonds. The van der Waals surface area contributed by atoms with Crippen molar-refractivity contribution in [2.45, 2.75) is 24.5 Å². The Labute approximate surface area is 152 Å². The van der Waals surface area contributed by atoms with Gasteiger partial charge in [0.05, 0.1) is 9.92 Å². The lowest BCUT2D eigenvalue weighted by atomic mass is 10.2. The van der Waals surface area contributed by atoms with Crippen LogP contribution in [0.1, 0.15) is 12.5 Å². The Bertz CT molecular complexity index is 838. The van der Waals surface area contributed by atoms with Crippen molar-refractivity contribution in [3.8, 4) is 5.75 Å². The van der Waals surface area contributed by atoms with Crippen molar-refractivity contribution < 1.29 is 17.9 Å². The Morgan fingerprint density at radius 3 is 2.40 bits per heavy atom. The van der Waals surface area contributed by atoms with E-state index in [9.17, 15) is 13.2 Å². The Kier molecular flexibility index (Phi) is 6.41. The van der Waals surface area contributed by atoms with Gasteiger partial charge in [-0.2, -0.15) is 0 Å². The summed E-state index contributed by atoms with van der Waals surface area (Å²) >= 11 is 6.00. The van der Waals surface area contributed by atoms with Crippen molar-refractivity contribution in [1.29, 1.82) is 0 Å².